The van der Waals surface area contributed by atoms with Crippen molar-refractivity contribution in [3.05, 3.63) is 53.5 Å². The molecule has 140 valence electrons. The first-order chi connectivity index (χ1) is 13.2. The van der Waals surface area contributed by atoms with E-state index in [0.717, 1.165) is 29.3 Å². The Morgan fingerprint density at radius 2 is 2.04 bits per heavy atom. The van der Waals surface area contributed by atoms with Gasteiger partial charge < -0.3 is 14.0 Å². The van der Waals surface area contributed by atoms with Gasteiger partial charge in [-0.25, -0.2) is 14.8 Å². The van der Waals surface area contributed by atoms with Crippen molar-refractivity contribution in [2.45, 2.75) is 32.7 Å². The van der Waals surface area contributed by atoms with E-state index in [1.807, 2.05) is 19.1 Å². The molecule has 27 heavy (non-hydrogen) atoms. The van der Waals surface area contributed by atoms with Crippen LogP contribution in [0.2, 0.25) is 0 Å². The first-order valence-electron chi connectivity index (χ1n) is 9.33. The quantitative estimate of drug-likeness (QED) is 0.598. The molecule has 2 heterocycles. The van der Waals surface area contributed by atoms with E-state index in [1.165, 1.54) is 25.5 Å². The zero-order valence-corrected chi connectivity index (χ0v) is 15.6. The number of esters is 1. The molecule has 0 unspecified atom stereocenters. The van der Waals surface area contributed by atoms with Crippen molar-refractivity contribution in [2.24, 2.45) is 5.92 Å². The van der Waals surface area contributed by atoms with Gasteiger partial charge in [-0.3, -0.25) is 0 Å². The molecule has 0 saturated heterocycles. The minimum Gasteiger partial charge on any atom is -0.494 e. The van der Waals surface area contributed by atoms with E-state index >= 15 is 0 Å². The van der Waals surface area contributed by atoms with E-state index in [9.17, 15) is 4.79 Å². The van der Waals surface area contributed by atoms with Crippen molar-refractivity contribution in [2.75, 3.05) is 13.7 Å². The number of benzene rings is 1. The molecule has 0 aliphatic heterocycles. The summed E-state index contributed by atoms with van der Waals surface area (Å²) in [6.07, 6.45) is 4.79. The average molecular weight is 365 g/mol. The summed E-state index contributed by atoms with van der Waals surface area (Å²) < 4.78 is 12.5. The molecule has 0 N–H and O–H groups in total. The number of pyridine rings is 1. The monoisotopic (exact) mass is 365 g/mol. The van der Waals surface area contributed by atoms with Crippen LogP contribution in [0.15, 0.2) is 36.5 Å². The van der Waals surface area contributed by atoms with Gasteiger partial charge in [-0.2, -0.15) is 0 Å². The van der Waals surface area contributed by atoms with Crippen molar-refractivity contribution in [1.82, 2.24) is 14.5 Å². The van der Waals surface area contributed by atoms with Crippen LogP contribution in [0.25, 0.3) is 11.2 Å². The van der Waals surface area contributed by atoms with Gasteiger partial charge in [0.1, 0.15) is 17.1 Å². The topological polar surface area (TPSA) is 66.2 Å². The minimum absolute atomic E-state index is 0.394. The Morgan fingerprint density at radius 1 is 1.26 bits per heavy atom. The van der Waals surface area contributed by atoms with E-state index in [0.29, 0.717) is 24.5 Å². The highest BCUT2D eigenvalue weighted by Crippen LogP contribution is 2.32. The number of nitrogens with zero attached hydrogens (tertiary/aromatic N) is 3. The van der Waals surface area contributed by atoms with E-state index in [1.54, 1.807) is 12.3 Å². The van der Waals surface area contributed by atoms with Crippen LogP contribution in [0.1, 0.15) is 41.5 Å². The van der Waals surface area contributed by atoms with E-state index in [4.69, 9.17) is 14.5 Å². The molecule has 2 aromatic heterocycles. The zero-order valence-electron chi connectivity index (χ0n) is 15.6. The lowest BCUT2D eigenvalue weighted by Gasteiger charge is -2.09. The zero-order chi connectivity index (χ0) is 18.8. The van der Waals surface area contributed by atoms with E-state index in [-0.39, 0.29) is 0 Å². The van der Waals surface area contributed by atoms with E-state index in [2.05, 4.69) is 21.7 Å². The van der Waals surface area contributed by atoms with Gasteiger partial charge in [0, 0.05) is 19.2 Å². The maximum absolute atomic E-state index is 11.8. The van der Waals surface area contributed by atoms with Crippen LogP contribution in [0.3, 0.4) is 0 Å². The van der Waals surface area contributed by atoms with Gasteiger partial charge in [-0.05, 0) is 49.4 Å². The Hall–Kier alpha value is -2.89. The molecule has 0 atom stereocenters. The molecule has 6 nitrogen and oxygen atoms in total. The van der Waals surface area contributed by atoms with Crippen LogP contribution in [0.4, 0.5) is 0 Å². The standard InChI is InChI=1S/C21H23N3O3/c1-3-27-17-8-6-14(7-9-17)10-19-23-18-11-16(21(25)26-2)12-22-20(18)24(19)13-15-4-5-15/h6-9,11-12,15H,3-5,10,13H2,1-2H3. The van der Waals surface area contributed by atoms with Crippen molar-refractivity contribution < 1.29 is 14.3 Å². The number of aromatic nitrogens is 3. The number of hydrogen-bond acceptors (Lipinski definition) is 5. The Labute approximate surface area is 158 Å². The summed E-state index contributed by atoms with van der Waals surface area (Å²) >= 11 is 0. The largest absolute Gasteiger partial charge is 0.494 e. The molecule has 1 fully saturated rings. The molecule has 1 saturated carbocycles. The lowest BCUT2D eigenvalue weighted by molar-refractivity contribution is 0.0600. The number of hydrogen-bond donors (Lipinski definition) is 0. The molecular weight excluding hydrogens is 342 g/mol. The third-order valence-corrected chi connectivity index (χ3v) is 4.82. The molecule has 0 radical (unpaired) electrons. The van der Waals surface area contributed by atoms with Crippen LogP contribution in [-0.4, -0.2) is 34.2 Å². The summed E-state index contributed by atoms with van der Waals surface area (Å²) in [5, 5.41) is 0. The lowest BCUT2D eigenvalue weighted by atomic mass is 10.1. The number of fused-ring (bicyclic) bond motifs is 1. The number of carbonyl (C=O) groups is 1. The molecule has 3 aromatic rings. The normalized spacial score (nSPS) is 13.7. The van der Waals surface area contributed by atoms with Crippen LogP contribution in [0.5, 0.6) is 5.75 Å². The van der Waals surface area contributed by atoms with Crippen molar-refractivity contribution in [3.63, 3.8) is 0 Å². The smallest absolute Gasteiger partial charge is 0.339 e. The third-order valence-electron chi connectivity index (χ3n) is 4.82. The van der Waals surface area contributed by atoms with Crippen molar-refractivity contribution in [1.29, 1.82) is 0 Å². The van der Waals surface area contributed by atoms with Gasteiger partial charge in [0.2, 0.25) is 0 Å². The summed E-state index contributed by atoms with van der Waals surface area (Å²) in [4.78, 5) is 21.1. The molecule has 6 heteroatoms. The average Bonchev–Trinajstić information content (AvgIpc) is 3.45. The second-order valence-electron chi connectivity index (χ2n) is 6.89. The first kappa shape index (κ1) is 17.5. The number of rotatable bonds is 7. The van der Waals surface area contributed by atoms with Gasteiger partial charge in [0.15, 0.2) is 5.65 Å². The van der Waals surface area contributed by atoms with Crippen LogP contribution < -0.4 is 4.74 Å². The number of ether oxygens (including phenoxy) is 2. The Kier molecular flexibility index (Phi) is 4.79. The third kappa shape index (κ3) is 3.79. The maximum atomic E-state index is 11.8. The van der Waals surface area contributed by atoms with Gasteiger partial charge in [-0.15, -0.1) is 0 Å². The van der Waals surface area contributed by atoms with Crippen LogP contribution in [0, 0.1) is 5.92 Å². The molecular formula is C21H23N3O3. The molecule has 1 aliphatic rings. The fourth-order valence-electron chi connectivity index (χ4n) is 3.23. The van der Waals surface area contributed by atoms with Gasteiger partial charge >= 0.3 is 5.97 Å². The Balaban J connectivity index is 1.67. The van der Waals surface area contributed by atoms with Gasteiger partial charge in [-0.1, -0.05) is 12.1 Å². The second kappa shape index (κ2) is 7.39. The second-order valence-corrected chi connectivity index (χ2v) is 6.89. The van der Waals surface area contributed by atoms with Crippen LogP contribution in [-0.2, 0) is 17.7 Å². The maximum Gasteiger partial charge on any atom is 0.339 e. The van der Waals surface area contributed by atoms with Gasteiger partial charge in [0.25, 0.3) is 0 Å². The predicted octanol–water partition coefficient (Wildman–Crippen LogP) is 3.62. The SMILES string of the molecule is CCOc1ccc(Cc2nc3cc(C(=O)OC)cnc3n2CC2CC2)cc1. The summed E-state index contributed by atoms with van der Waals surface area (Å²) in [6, 6.07) is 9.87. The molecule has 1 aliphatic carbocycles. The Bertz CT molecular complexity index is 959. The molecule has 0 spiro atoms. The summed E-state index contributed by atoms with van der Waals surface area (Å²) in [6.45, 7) is 3.56. The molecule has 0 bridgehead atoms. The summed E-state index contributed by atoms with van der Waals surface area (Å²) in [5.74, 6) is 2.14. The van der Waals surface area contributed by atoms with Crippen LogP contribution >= 0.6 is 0 Å². The highest BCUT2D eigenvalue weighted by molar-refractivity contribution is 5.92. The number of imidazole rings is 1. The fourth-order valence-corrected chi connectivity index (χ4v) is 3.23. The molecule has 0 amide bonds. The van der Waals surface area contributed by atoms with Crippen molar-refractivity contribution >= 4 is 17.1 Å². The molecule has 4 rings (SSSR count). The highest BCUT2D eigenvalue weighted by Gasteiger charge is 2.25. The van der Waals surface area contributed by atoms with Gasteiger partial charge in [0.05, 0.1) is 19.3 Å². The number of carbonyl (C=O) groups excluding carboxylic acids is 1. The fraction of sp³-hybridized carbons (Fsp3) is 0.381. The number of methoxy groups -OCH3 is 1. The van der Waals surface area contributed by atoms with Crippen molar-refractivity contribution in [3.8, 4) is 5.75 Å². The van der Waals surface area contributed by atoms with E-state index < -0.39 is 5.97 Å². The lowest BCUT2D eigenvalue weighted by Crippen LogP contribution is -2.07. The molecule has 1 aromatic carbocycles. The highest BCUT2D eigenvalue weighted by atomic mass is 16.5. The summed E-state index contributed by atoms with van der Waals surface area (Å²) in [7, 11) is 1.37. The summed E-state index contributed by atoms with van der Waals surface area (Å²) in [5.41, 5.74) is 3.16. The predicted molar refractivity (Wildman–Crippen MR) is 102 cm³/mol. The Morgan fingerprint density at radius 3 is 2.70 bits per heavy atom. The minimum atomic E-state index is -0.394. The first-order valence-corrected chi connectivity index (χ1v) is 9.33.